The van der Waals surface area contributed by atoms with Crippen LogP contribution in [0.3, 0.4) is 0 Å². The Morgan fingerprint density at radius 2 is 1.52 bits per heavy atom. The third kappa shape index (κ3) is 3.96. The van der Waals surface area contributed by atoms with E-state index in [1.54, 1.807) is 18.2 Å². The normalized spacial score (nSPS) is 11.5. The number of anilines is 1. The summed E-state index contributed by atoms with van der Waals surface area (Å²) in [6, 6.07) is 8.06. The van der Waals surface area contributed by atoms with Gasteiger partial charge in [-0.25, -0.2) is 0 Å². The molecule has 0 saturated carbocycles. The fraction of sp³-hybridized carbons (Fsp3) is 0.143. The molecule has 0 atom stereocenters. The summed E-state index contributed by atoms with van der Waals surface area (Å²) in [6.07, 6.45) is -4.43. The molecule has 0 bridgehead atoms. The van der Waals surface area contributed by atoms with E-state index in [4.69, 9.17) is 34.8 Å². The highest BCUT2D eigenvalue weighted by Gasteiger charge is 2.30. The predicted octanol–water partition coefficient (Wildman–Crippen LogP) is 6.28. The summed E-state index contributed by atoms with van der Waals surface area (Å²) in [7, 11) is 0. The highest BCUT2D eigenvalue weighted by atomic mass is 35.5. The van der Waals surface area contributed by atoms with Gasteiger partial charge in [0.2, 0.25) is 0 Å². The second kappa shape index (κ2) is 6.34. The van der Waals surface area contributed by atoms with Crippen molar-refractivity contribution in [1.82, 2.24) is 0 Å². The Hall–Kier alpha value is -1.10. The molecule has 112 valence electrons. The highest BCUT2D eigenvalue weighted by Crippen LogP contribution is 2.34. The van der Waals surface area contributed by atoms with Gasteiger partial charge in [-0.2, -0.15) is 13.2 Å². The van der Waals surface area contributed by atoms with Crippen LogP contribution in [0.2, 0.25) is 15.1 Å². The fourth-order valence-corrected chi connectivity index (χ4v) is 2.44. The van der Waals surface area contributed by atoms with Crippen molar-refractivity contribution >= 4 is 40.5 Å². The standard InChI is InChI=1S/C14H9Cl3F3N/c15-10-2-1-3-11(16)9(10)7-21-13-6-8(14(18,19)20)4-5-12(13)17/h1-6,21H,7H2. The van der Waals surface area contributed by atoms with Gasteiger partial charge in [0.15, 0.2) is 0 Å². The minimum absolute atomic E-state index is 0.166. The summed E-state index contributed by atoms with van der Waals surface area (Å²) >= 11 is 17.9. The molecule has 1 nitrogen and oxygen atoms in total. The maximum Gasteiger partial charge on any atom is 0.416 e. The smallest absolute Gasteiger partial charge is 0.380 e. The SMILES string of the molecule is FC(F)(F)c1ccc(Cl)c(NCc2c(Cl)cccc2Cl)c1. The van der Waals surface area contributed by atoms with Gasteiger partial charge >= 0.3 is 6.18 Å². The summed E-state index contributed by atoms with van der Waals surface area (Å²) < 4.78 is 38.0. The van der Waals surface area contributed by atoms with Crippen LogP contribution in [0.1, 0.15) is 11.1 Å². The van der Waals surface area contributed by atoms with E-state index in [1.807, 2.05) is 0 Å². The summed E-state index contributed by atoms with van der Waals surface area (Å²) in [6.45, 7) is 0.166. The van der Waals surface area contributed by atoms with E-state index >= 15 is 0 Å². The average molecular weight is 355 g/mol. The van der Waals surface area contributed by atoms with Gasteiger partial charge in [0.25, 0.3) is 0 Å². The first kappa shape index (κ1) is 16.3. The zero-order chi connectivity index (χ0) is 15.6. The van der Waals surface area contributed by atoms with Crippen LogP contribution in [-0.2, 0) is 12.7 Å². The summed E-state index contributed by atoms with van der Waals surface area (Å²) in [4.78, 5) is 0. The van der Waals surface area contributed by atoms with Crippen molar-refractivity contribution < 1.29 is 13.2 Å². The van der Waals surface area contributed by atoms with Crippen molar-refractivity contribution in [3.05, 3.63) is 62.6 Å². The Bertz CT molecular complexity index is 636. The van der Waals surface area contributed by atoms with Crippen LogP contribution in [0.5, 0.6) is 0 Å². The van der Waals surface area contributed by atoms with Crippen LogP contribution in [0, 0.1) is 0 Å². The molecule has 0 aromatic heterocycles. The van der Waals surface area contributed by atoms with E-state index < -0.39 is 11.7 Å². The van der Waals surface area contributed by atoms with E-state index in [-0.39, 0.29) is 17.3 Å². The van der Waals surface area contributed by atoms with E-state index in [9.17, 15) is 13.2 Å². The Morgan fingerprint density at radius 1 is 0.905 bits per heavy atom. The summed E-state index contributed by atoms with van der Waals surface area (Å²) in [5.74, 6) is 0. The van der Waals surface area contributed by atoms with Gasteiger partial charge in [-0.05, 0) is 30.3 Å². The van der Waals surface area contributed by atoms with Crippen LogP contribution in [0.4, 0.5) is 18.9 Å². The number of nitrogens with one attached hydrogen (secondary N) is 1. The van der Waals surface area contributed by atoms with E-state index in [0.29, 0.717) is 15.6 Å². The number of alkyl halides is 3. The number of halogens is 6. The van der Waals surface area contributed by atoms with Crippen LogP contribution in [-0.4, -0.2) is 0 Å². The first-order chi connectivity index (χ1) is 9.79. The highest BCUT2D eigenvalue weighted by molar-refractivity contribution is 6.36. The van der Waals surface area contributed by atoms with Crippen molar-refractivity contribution in [2.45, 2.75) is 12.7 Å². The molecule has 0 aliphatic carbocycles. The lowest BCUT2D eigenvalue weighted by Gasteiger charge is -2.13. The molecule has 2 rings (SSSR count). The van der Waals surface area contributed by atoms with Crippen LogP contribution in [0.15, 0.2) is 36.4 Å². The van der Waals surface area contributed by atoms with Gasteiger partial charge in [-0.15, -0.1) is 0 Å². The first-order valence-electron chi connectivity index (χ1n) is 5.82. The third-order valence-electron chi connectivity index (χ3n) is 2.81. The molecule has 21 heavy (non-hydrogen) atoms. The maximum absolute atomic E-state index is 12.7. The van der Waals surface area contributed by atoms with E-state index in [1.165, 1.54) is 6.07 Å². The molecular weight excluding hydrogens is 346 g/mol. The van der Waals surface area contributed by atoms with Gasteiger partial charge in [-0.3, -0.25) is 0 Å². The van der Waals surface area contributed by atoms with Crippen LogP contribution < -0.4 is 5.32 Å². The van der Waals surface area contributed by atoms with Crippen molar-refractivity contribution in [2.75, 3.05) is 5.32 Å². The average Bonchev–Trinajstić information content (AvgIpc) is 2.38. The Morgan fingerprint density at radius 3 is 2.10 bits per heavy atom. The van der Waals surface area contributed by atoms with Crippen LogP contribution >= 0.6 is 34.8 Å². The largest absolute Gasteiger partial charge is 0.416 e. The maximum atomic E-state index is 12.7. The molecule has 2 aromatic rings. The Labute approximate surface area is 134 Å². The molecular formula is C14H9Cl3F3N. The van der Waals surface area contributed by atoms with Gasteiger partial charge in [0, 0.05) is 22.2 Å². The quantitative estimate of drug-likeness (QED) is 0.684. The topological polar surface area (TPSA) is 12.0 Å². The molecule has 0 aliphatic heterocycles. The number of hydrogen-bond acceptors (Lipinski definition) is 1. The number of benzene rings is 2. The third-order valence-corrected chi connectivity index (χ3v) is 3.85. The molecule has 0 saturated heterocycles. The monoisotopic (exact) mass is 353 g/mol. The lowest BCUT2D eigenvalue weighted by Crippen LogP contribution is -2.07. The zero-order valence-corrected chi connectivity index (χ0v) is 12.7. The zero-order valence-electron chi connectivity index (χ0n) is 10.4. The van der Waals surface area contributed by atoms with Gasteiger partial charge in [-0.1, -0.05) is 40.9 Å². The van der Waals surface area contributed by atoms with Crippen molar-refractivity contribution in [1.29, 1.82) is 0 Å². The van der Waals surface area contributed by atoms with Crippen molar-refractivity contribution in [3.8, 4) is 0 Å². The molecule has 0 heterocycles. The van der Waals surface area contributed by atoms with Gasteiger partial charge in [0.05, 0.1) is 16.3 Å². The molecule has 0 spiro atoms. The molecule has 0 radical (unpaired) electrons. The fourth-order valence-electron chi connectivity index (χ4n) is 1.72. The lowest BCUT2D eigenvalue weighted by molar-refractivity contribution is -0.137. The Balaban J connectivity index is 2.24. The number of rotatable bonds is 3. The lowest BCUT2D eigenvalue weighted by atomic mass is 10.1. The van der Waals surface area contributed by atoms with Crippen LogP contribution in [0.25, 0.3) is 0 Å². The molecule has 0 amide bonds. The Kier molecular flexibility index (Phi) is 4.91. The molecule has 0 unspecified atom stereocenters. The minimum atomic E-state index is -4.43. The van der Waals surface area contributed by atoms with E-state index in [2.05, 4.69) is 5.32 Å². The van der Waals surface area contributed by atoms with Crippen molar-refractivity contribution in [2.24, 2.45) is 0 Å². The molecule has 0 fully saturated rings. The molecule has 1 N–H and O–H groups in total. The number of hydrogen-bond donors (Lipinski definition) is 1. The van der Waals surface area contributed by atoms with Crippen molar-refractivity contribution in [3.63, 3.8) is 0 Å². The van der Waals surface area contributed by atoms with Gasteiger partial charge < -0.3 is 5.32 Å². The summed E-state index contributed by atoms with van der Waals surface area (Å²) in [5.41, 5.74) is -0.0172. The minimum Gasteiger partial charge on any atom is -0.380 e. The molecule has 7 heteroatoms. The summed E-state index contributed by atoms with van der Waals surface area (Å²) in [5, 5.41) is 3.87. The second-order valence-corrected chi connectivity index (χ2v) is 5.47. The van der Waals surface area contributed by atoms with Gasteiger partial charge in [0.1, 0.15) is 0 Å². The molecule has 0 aliphatic rings. The predicted molar refractivity (Wildman–Crippen MR) is 80.2 cm³/mol. The second-order valence-electron chi connectivity index (χ2n) is 4.25. The first-order valence-corrected chi connectivity index (χ1v) is 6.96. The van der Waals surface area contributed by atoms with E-state index in [0.717, 1.165) is 12.1 Å². The molecule has 2 aromatic carbocycles.